The lowest BCUT2D eigenvalue weighted by molar-refractivity contribution is 1.09. The fourth-order valence-electron chi connectivity index (χ4n) is 1.16. The third-order valence-corrected chi connectivity index (χ3v) is 1.85. The molecule has 2 rings (SSSR count). The highest BCUT2D eigenvalue weighted by Gasteiger charge is 1.99. The van der Waals surface area contributed by atoms with Gasteiger partial charge < -0.3 is 5.32 Å². The number of nitrogens with zero attached hydrogens (tertiary/aromatic N) is 2. The Morgan fingerprint density at radius 1 is 1.31 bits per heavy atom. The Labute approximate surface area is 96.1 Å². The molecule has 4 nitrogen and oxygen atoms in total. The van der Waals surface area contributed by atoms with Crippen LogP contribution >= 0.6 is 0 Å². The number of nitrogens with one attached hydrogen (secondary N) is 2. The topological polar surface area (TPSA) is 53.6 Å². The molecule has 0 saturated heterocycles. The van der Waals surface area contributed by atoms with E-state index in [-0.39, 0.29) is 0 Å². The number of pyridine rings is 1. The van der Waals surface area contributed by atoms with Gasteiger partial charge in [-0.1, -0.05) is 20.3 Å². The van der Waals surface area contributed by atoms with E-state index in [2.05, 4.69) is 34.3 Å². The lowest BCUT2D eigenvalue weighted by Gasteiger charge is -2.00. The van der Waals surface area contributed by atoms with Crippen LogP contribution in [0, 0.1) is 0 Å². The Hall–Kier alpha value is -1.84. The fraction of sp³-hybridized carbons (Fsp3) is 0.333. The van der Waals surface area contributed by atoms with Crippen LogP contribution in [0.3, 0.4) is 0 Å². The van der Waals surface area contributed by atoms with Crippen molar-refractivity contribution in [2.75, 3.05) is 12.4 Å². The maximum atomic E-state index is 4.13. The molecule has 0 aromatic carbocycles. The third kappa shape index (κ3) is 3.38. The first-order chi connectivity index (χ1) is 7.81. The van der Waals surface area contributed by atoms with Gasteiger partial charge in [-0.2, -0.15) is 5.10 Å². The quantitative estimate of drug-likeness (QED) is 0.814. The van der Waals surface area contributed by atoms with E-state index in [4.69, 9.17) is 0 Å². The Morgan fingerprint density at radius 3 is 2.62 bits per heavy atom. The van der Waals surface area contributed by atoms with Crippen LogP contribution in [0.4, 0.5) is 5.82 Å². The Morgan fingerprint density at radius 2 is 2.06 bits per heavy atom. The Balaban J connectivity index is 0.000000386. The molecule has 0 amide bonds. The summed E-state index contributed by atoms with van der Waals surface area (Å²) in [4.78, 5) is 4.13. The second-order valence-electron chi connectivity index (χ2n) is 3.37. The van der Waals surface area contributed by atoms with E-state index in [0.29, 0.717) is 0 Å². The number of hydrogen-bond donors (Lipinski definition) is 2. The fourth-order valence-corrected chi connectivity index (χ4v) is 1.16. The first-order valence-electron chi connectivity index (χ1n) is 5.44. The van der Waals surface area contributed by atoms with Gasteiger partial charge >= 0.3 is 0 Å². The molecule has 16 heavy (non-hydrogen) atoms. The molecule has 0 bridgehead atoms. The molecule has 2 N–H and O–H groups in total. The highest BCUT2D eigenvalue weighted by molar-refractivity contribution is 5.64. The van der Waals surface area contributed by atoms with Crippen molar-refractivity contribution in [2.45, 2.75) is 20.3 Å². The zero-order valence-electron chi connectivity index (χ0n) is 9.99. The molecular weight excluding hydrogens is 200 g/mol. The van der Waals surface area contributed by atoms with E-state index in [1.807, 2.05) is 25.4 Å². The second kappa shape index (κ2) is 6.61. The Kier molecular flexibility index (Phi) is 5.05. The maximum absolute atomic E-state index is 4.13. The van der Waals surface area contributed by atoms with Crippen molar-refractivity contribution in [1.82, 2.24) is 15.2 Å². The minimum Gasteiger partial charge on any atom is -0.373 e. The first-order valence-corrected chi connectivity index (χ1v) is 5.44. The van der Waals surface area contributed by atoms with Crippen molar-refractivity contribution in [3.05, 3.63) is 30.7 Å². The maximum Gasteiger partial charge on any atom is 0.126 e. The van der Waals surface area contributed by atoms with Gasteiger partial charge in [0.2, 0.25) is 0 Å². The normalized spacial score (nSPS) is 9.19. The van der Waals surface area contributed by atoms with Crippen LogP contribution in [0.1, 0.15) is 20.3 Å². The van der Waals surface area contributed by atoms with Crippen LogP contribution in [0.25, 0.3) is 11.1 Å². The molecule has 2 aromatic heterocycles. The molecule has 2 aromatic rings. The summed E-state index contributed by atoms with van der Waals surface area (Å²) >= 11 is 0. The standard InChI is InChI=1S/C9H10N4.C3H8/c1-10-9-4-7(2-3-11-9)8-5-12-13-6-8;1-3-2/h2-6H,1H3,(H,10,11)(H,12,13);3H2,1-2H3. The van der Waals surface area contributed by atoms with E-state index in [0.717, 1.165) is 16.9 Å². The molecule has 86 valence electrons. The Bertz CT molecular complexity index is 395. The lowest BCUT2D eigenvalue weighted by Crippen LogP contribution is -1.91. The minimum atomic E-state index is 0.860. The largest absolute Gasteiger partial charge is 0.373 e. The van der Waals surface area contributed by atoms with Gasteiger partial charge in [0.1, 0.15) is 5.82 Å². The van der Waals surface area contributed by atoms with Gasteiger partial charge in [-0.25, -0.2) is 4.98 Å². The summed E-state index contributed by atoms with van der Waals surface area (Å²) < 4.78 is 0. The third-order valence-electron chi connectivity index (χ3n) is 1.85. The van der Waals surface area contributed by atoms with Gasteiger partial charge in [-0.15, -0.1) is 0 Å². The monoisotopic (exact) mass is 218 g/mol. The molecule has 0 atom stereocenters. The second-order valence-corrected chi connectivity index (χ2v) is 3.37. The summed E-state index contributed by atoms with van der Waals surface area (Å²) in [6.07, 6.45) is 6.66. The van der Waals surface area contributed by atoms with Crippen LogP contribution in [-0.2, 0) is 0 Å². The molecule has 0 saturated carbocycles. The van der Waals surface area contributed by atoms with Crippen molar-refractivity contribution in [3.8, 4) is 11.1 Å². The molecule has 0 radical (unpaired) electrons. The predicted molar refractivity (Wildman–Crippen MR) is 67.3 cm³/mol. The van der Waals surface area contributed by atoms with Gasteiger partial charge in [0.05, 0.1) is 6.20 Å². The average molecular weight is 218 g/mol. The summed E-state index contributed by atoms with van der Waals surface area (Å²) in [5, 5.41) is 9.65. The van der Waals surface area contributed by atoms with E-state index in [1.54, 1.807) is 12.4 Å². The van der Waals surface area contributed by atoms with Gasteiger partial charge in [0.15, 0.2) is 0 Å². The van der Waals surface area contributed by atoms with Gasteiger partial charge in [0.25, 0.3) is 0 Å². The van der Waals surface area contributed by atoms with E-state index in [9.17, 15) is 0 Å². The van der Waals surface area contributed by atoms with Crippen LogP contribution < -0.4 is 5.32 Å². The molecule has 4 heteroatoms. The highest BCUT2D eigenvalue weighted by Crippen LogP contribution is 2.18. The van der Waals surface area contributed by atoms with Crippen LogP contribution in [-0.4, -0.2) is 22.2 Å². The molecule has 0 fully saturated rings. The molecule has 0 aliphatic heterocycles. The zero-order chi connectivity index (χ0) is 11.8. The van der Waals surface area contributed by atoms with Crippen molar-refractivity contribution < 1.29 is 0 Å². The summed E-state index contributed by atoms with van der Waals surface area (Å²) in [6, 6.07) is 3.93. The van der Waals surface area contributed by atoms with Gasteiger partial charge in [-0.3, -0.25) is 5.10 Å². The highest BCUT2D eigenvalue weighted by atomic mass is 15.1. The van der Waals surface area contributed by atoms with E-state index < -0.39 is 0 Å². The van der Waals surface area contributed by atoms with Crippen LogP contribution in [0.2, 0.25) is 0 Å². The van der Waals surface area contributed by atoms with Crippen molar-refractivity contribution in [3.63, 3.8) is 0 Å². The van der Waals surface area contributed by atoms with Gasteiger partial charge in [0, 0.05) is 25.0 Å². The number of anilines is 1. The van der Waals surface area contributed by atoms with Gasteiger partial charge in [-0.05, 0) is 17.7 Å². The number of aromatic amines is 1. The summed E-state index contributed by atoms with van der Waals surface area (Å²) in [6.45, 7) is 4.25. The smallest absolute Gasteiger partial charge is 0.126 e. The summed E-state index contributed by atoms with van der Waals surface area (Å²) in [5.74, 6) is 0.860. The SMILES string of the molecule is CCC.CNc1cc(-c2cn[nH]c2)ccn1. The average Bonchev–Trinajstić information content (AvgIpc) is 2.84. The molecule has 0 aliphatic carbocycles. The predicted octanol–water partition coefficient (Wildman–Crippen LogP) is 2.93. The molecular formula is C12H18N4. The molecule has 2 heterocycles. The first kappa shape index (κ1) is 12.2. The molecule has 0 unspecified atom stereocenters. The van der Waals surface area contributed by atoms with Crippen LogP contribution in [0.5, 0.6) is 0 Å². The van der Waals surface area contributed by atoms with Crippen LogP contribution in [0.15, 0.2) is 30.7 Å². The number of hydrogen-bond acceptors (Lipinski definition) is 3. The summed E-state index contributed by atoms with van der Waals surface area (Å²) in [7, 11) is 1.85. The van der Waals surface area contributed by atoms with E-state index >= 15 is 0 Å². The van der Waals surface area contributed by atoms with Crippen molar-refractivity contribution in [2.24, 2.45) is 0 Å². The number of aromatic nitrogens is 3. The molecule has 0 spiro atoms. The van der Waals surface area contributed by atoms with E-state index in [1.165, 1.54) is 6.42 Å². The van der Waals surface area contributed by atoms with Crippen molar-refractivity contribution in [1.29, 1.82) is 0 Å². The van der Waals surface area contributed by atoms with Crippen molar-refractivity contribution >= 4 is 5.82 Å². The lowest BCUT2D eigenvalue weighted by atomic mass is 10.1. The number of rotatable bonds is 2. The summed E-state index contributed by atoms with van der Waals surface area (Å²) in [5.41, 5.74) is 2.17. The zero-order valence-corrected chi connectivity index (χ0v) is 9.99. The molecule has 0 aliphatic rings. The number of H-pyrrole nitrogens is 1. The minimum absolute atomic E-state index is 0.860.